The molecule has 0 spiro atoms. The number of nitrogen functional groups attached to an aromatic ring is 1. The Bertz CT molecular complexity index is 931. The zero-order chi connectivity index (χ0) is 21.6. The van der Waals surface area contributed by atoms with Crippen molar-refractivity contribution in [1.82, 2.24) is 9.55 Å². The zero-order valence-electron chi connectivity index (χ0n) is 17.8. The number of nitrogens with two attached hydrogens (primary N) is 1. The zero-order valence-corrected chi connectivity index (χ0v) is 17.8. The fraction of sp³-hybridized carbons (Fsp3) is 0.500. The molecule has 1 aromatic carbocycles. The summed E-state index contributed by atoms with van der Waals surface area (Å²) in [5.41, 5.74) is 6.19. The van der Waals surface area contributed by atoms with E-state index in [2.05, 4.69) is 4.98 Å². The van der Waals surface area contributed by atoms with Gasteiger partial charge in [0.15, 0.2) is 5.69 Å². The molecule has 0 bridgehead atoms. The van der Waals surface area contributed by atoms with Gasteiger partial charge in [-0.2, -0.15) is 0 Å². The van der Waals surface area contributed by atoms with Gasteiger partial charge in [-0.3, -0.25) is 19.1 Å². The lowest BCUT2D eigenvalue weighted by Crippen LogP contribution is -2.43. The molecule has 29 heavy (non-hydrogen) atoms. The molecule has 3 N–H and O–H groups in total. The van der Waals surface area contributed by atoms with Crippen LogP contribution in [-0.2, 0) is 11.3 Å². The molecule has 7 heteroatoms. The molecule has 1 atom stereocenters. The summed E-state index contributed by atoms with van der Waals surface area (Å²) < 4.78 is 1.35. The molecule has 0 fully saturated rings. The van der Waals surface area contributed by atoms with Gasteiger partial charge in [0.05, 0.1) is 0 Å². The molecule has 1 amide bonds. The number of amides is 1. The number of rotatable bonds is 9. The van der Waals surface area contributed by atoms with Crippen LogP contribution in [0.25, 0.3) is 0 Å². The number of nitrogens with zero attached hydrogens (tertiary/aromatic N) is 2. The van der Waals surface area contributed by atoms with E-state index in [-0.39, 0.29) is 35.7 Å². The third-order valence-corrected chi connectivity index (χ3v) is 4.92. The fourth-order valence-corrected chi connectivity index (χ4v) is 3.33. The van der Waals surface area contributed by atoms with E-state index in [0.29, 0.717) is 13.1 Å². The van der Waals surface area contributed by atoms with Gasteiger partial charge in [-0.1, -0.05) is 64.4 Å². The Balaban J connectivity index is 2.43. The average molecular weight is 401 g/mol. The molecule has 1 unspecified atom stereocenters. The molecule has 0 aliphatic heterocycles. The van der Waals surface area contributed by atoms with E-state index in [0.717, 1.165) is 18.4 Å². The van der Waals surface area contributed by atoms with Gasteiger partial charge in [0.2, 0.25) is 5.91 Å². The van der Waals surface area contributed by atoms with E-state index in [1.807, 2.05) is 58.0 Å². The largest absolute Gasteiger partial charge is 0.383 e. The molecule has 0 saturated heterocycles. The van der Waals surface area contributed by atoms with Crippen LogP contribution in [0.1, 0.15) is 58.4 Å². The van der Waals surface area contributed by atoms with Gasteiger partial charge >= 0.3 is 5.69 Å². The monoisotopic (exact) mass is 400 g/mol. The Hall–Kier alpha value is -2.83. The number of aromatic nitrogens is 2. The highest BCUT2D eigenvalue weighted by Gasteiger charge is 2.26. The Morgan fingerprint density at radius 2 is 1.83 bits per heavy atom. The minimum absolute atomic E-state index is 0.00957. The minimum Gasteiger partial charge on any atom is -0.383 e. The Labute approximate surface area is 171 Å². The molecule has 158 valence electrons. The summed E-state index contributed by atoms with van der Waals surface area (Å²) in [5, 5.41) is 0. The van der Waals surface area contributed by atoms with Crippen molar-refractivity contribution < 1.29 is 4.79 Å². The number of hydrogen-bond acceptors (Lipinski definition) is 4. The molecular weight excluding hydrogens is 368 g/mol. The summed E-state index contributed by atoms with van der Waals surface area (Å²) in [4.78, 5) is 41.8. The molecule has 0 aliphatic rings. The van der Waals surface area contributed by atoms with Crippen LogP contribution in [0.4, 0.5) is 11.5 Å². The van der Waals surface area contributed by atoms with Gasteiger partial charge in [0.25, 0.3) is 5.56 Å². The molecule has 0 radical (unpaired) electrons. The Kier molecular flexibility index (Phi) is 7.82. The number of carbonyl (C=O) groups is 1. The first-order valence-corrected chi connectivity index (χ1v) is 10.2. The van der Waals surface area contributed by atoms with Crippen LogP contribution < -0.4 is 21.9 Å². The number of anilines is 2. The first kappa shape index (κ1) is 22.5. The summed E-state index contributed by atoms with van der Waals surface area (Å²) in [6.45, 7) is 8.68. The molecule has 1 aromatic heterocycles. The Morgan fingerprint density at radius 3 is 2.41 bits per heavy atom. The van der Waals surface area contributed by atoms with Crippen LogP contribution in [0.2, 0.25) is 0 Å². The summed E-state index contributed by atoms with van der Waals surface area (Å²) in [6.07, 6.45) is 1.87. The average Bonchev–Trinajstić information content (AvgIpc) is 2.67. The minimum atomic E-state index is -0.624. The standard InChI is InChI=1S/C22H32N4O3/c1-5-6-12-25-20(23)19(21(28)24-22(25)29)26(14-15(2)3)18(27)13-16(4)17-10-8-7-9-11-17/h7-11,15-16H,5-6,12-14,23H2,1-4H3,(H,24,28,29). The van der Waals surface area contributed by atoms with Crippen LogP contribution in [-0.4, -0.2) is 22.0 Å². The second kappa shape index (κ2) is 10.1. The maximum atomic E-state index is 13.2. The van der Waals surface area contributed by atoms with Gasteiger partial charge in [-0.25, -0.2) is 4.79 Å². The maximum absolute atomic E-state index is 13.2. The molecule has 0 aliphatic carbocycles. The van der Waals surface area contributed by atoms with E-state index in [1.54, 1.807) is 0 Å². The fourth-order valence-electron chi connectivity index (χ4n) is 3.33. The molecule has 0 saturated carbocycles. The molecular formula is C22H32N4O3. The van der Waals surface area contributed by atoms with Gasteiger partial charge in [0.1, 0.15) is 5.82 Å². The van der Waals surface area contributed by atoms with Crippen molar-refractivity contribution in [2.75, 3.05) is 17.2 Å². The normalized spacial score (nSPS) is 12.2. The summed E-state index contributed by atoms with van der Waals surface area (Å²) in [5.74, 6) is -0.0213. The number of unbranched alkanes of at least 4 members (excludes halogenated alkanes) is 1. The summed E-state index contributed by atoms with van der Waals surface area (Å²) >= 11 is 0. The summed E-state index contributed by atoms with van der Waals surface area (Å²) in [7, 11) is 0. The SMILES string of the molecule is CCCCn1c(N)c(N(CC(C)C)C(=O)CC(C)c2ccccc2)c(=O)[nH]c1=O. The van der Waals surface area contributed by atoms with Crippen molar-refractivity contribution in [2.24, 2.45) is 5.92 Å². The van der Waals surface area contributed by atoms with Gasteiger partial charge in [-0.05, 0) is 23.8 Å². The second-order valence-electron chi connectivity index (χ2n) is 7.91. The van der Waals surface area contributed by atoms with Crippen molar-refractivity contribution in [2.45, 2.75) is 59.4 Å². The predicted molar refractivity (Wildman–Crippen MR) is 117 cm³/mol. The highest BCUT2D eigenvalue weighted by Crippen LogP contribution is 2.24. The lowest BCUT2D eigenvalue weighted by Gasteiger charge is -2.27. The summed E-state index contributed by atoms with van der Waals surface area (Å²) in [6, 6.07) is 9.78. The topological polar surface area (TPSA) is 101 Å². The van der Waals surface area contributed by atoms with Crippen LogP contribution in [0, 0.1) is 5.92 Å². The highest BCUT2D eigenvalue weighted by molar-refractivity contribution is 5.96. The van der Waals surface area contributed by atoms with Gasteiger partial charge < -0.3 is 10.6 Å². The smallest absolute Gasteiger partial charge is 0.330 e. The molecule has 2 aromatic rings. The van der Waals surface area contributed by atoms with Crippen LogP contribution >= 0.6 is 0 Å². The van der Waals surface area contributed by atoms with Crippen molar-refractivity contribution in [3.8, 4) is 0 Å². The van der Waals surface area contributed by atoms with Crippen molar-refractivity contribution in [3.05, 3.63) is 56.7 Å². The maximum Gasteiger partial charge on any atom is 0.330 e. The third kappa shape index (κ3) is 5.59. The first-order chi connectivity index (χ1) is 13.8. The van der Waals surface area contributed by atoms with E-state index in [1.165, 1.54) is 9.47 Å². The van der Waals surface area contributed by atoms with Crippen molar-refractivity contribution in [1.29, 1.82) is 0 Å². The predicted octanol–water partition coefficient (Wildman–Crippen LogP) is 3.10. The molecule has 7 nitrogen and oxygen atoms in total. The van der Waals surface area contributed by atoms with Crippen molar-refractivity contribution >= 4 is 17.4 Å². The van der Waals surface area contributed by atoms with Crippen LogP contribution in [0.3, 0.4) is 0 Å². The lowest BCUT2D eigenvalue weighted by atomic mass is 9.97. The Morgan fingerprint density at radius 1 is 1.17 bits per heavy atom. The van der Waals surface area contributed by atoms with E-state index in [9.17, 15) is 14.4 Å². The van der Waals surface area contributed by atoms with Gasteiger partial charge in [0, 0.05) is 19.5 Å². The van der Waals surface area contributed by atoms with E-state index >= 15 is 0 Å². The number of hydrogen-bond donors (Lipinski definition) is 2. The van der Waals surface area contributed by atoms with Crippen LogP contribution in [0.15, 0.2) is 39.9 Å². The number of H-pyrrole nitrogens is 1. The molecule has 2 rings (SSSR count). The molecule has 1 heterocycles. The number of benzene rings is 1. The van der Waals surface area contributed by atoms with E-state index in [4.69, 9.17) is 5.73 Å². The number of carbonyl (C=O) groups excluding carboxylic acids is 1. The van der Waals surface area contributed by atoms with Gasteiger partial charge in [-0.15, -0.1) is 0 Å². The highest BCUT2D eigenvalue weighted by atomic mass is 16.2. The quantitative estimate of drug-likeness (QED) is 0.675. The number of aromatic amines is 1. The lowest BCUT2D eigenvalue weighted by molar-refractivity contribution is -0.119. The van der Waals surface area contributed by atoms with Crippen molar-refractivity contribution in [3.63, 3.8) is 0 Å². The first-order valence-electron chi connectivity index (χ1n) is 10.2. The van der Waals surface area contributed by atoms with Crippen LogP contribution in [0.5, 0.6) is 0 Å². The third-order valence-electron chi connectivity index (χ3n) is 4.92. The second-order valence-corrected chi connectivity index (χ2v) is 7.91. The van der Waals surface area contributed by atoms with E-state index < -0.39 is 11.2 Å². The number of nitrogens with one attached hydrogen (secondary N) is 1.